The van der Waals surface area contributed by atoms with Crippen molar-refractivity contribution >= 4 is 11.2 Å². The zero-order chi connectivity index (χ0) is 10.3. The van der Waals surface area contributed by atoms with Crippen molar-refractivity contribution in [1.29, 1.82) is 0 Å². The van der Waals surface area contributed by atoms with Crippen molar-refractivity contribution in [1.82, 2.24) is 15.3 Å². The van der Waals surface area contributed by atoms with Crippen LogP contribution in [0.15, 0.2) is 16.7 Å². The molecule has 2 aromatic rings. The van der Waals surface area contributed by atoms with Crippen LogP contribution >= 0.6 is 0 Å². The van der Waals surface area contributed by atoms with Crippen LogP contribution in [0.3, 0.4) is 0 Å². The topological polar surface area (TPSA) is 51.0 Å². The molecule has 0 spiro atoms. The Labute approximate surface area is 87.7 Å². The van der Waals surface area contributed by atoms with Crippen LogP contribution < -0.4 is 5.32 Å². The number of nitrogens with one attached hydrogen (secondary N) is 1. The fraction of sp³-hybridized carbons (Fsp3) is 0.455. The third-order valence-corrected chi connectivity index (χ3v) is 2.91. The first-order chi connectivity index (χ1) is 7.33. The lowest BCUT2D eigenvalue weighted by Gasteiger charge is -2.06. The molecule has 1 unspecified atom stereocenters. The van der Waals surface area contributed by atoms with E-state index in [1.807, 2.05) is 13.1 Å². The summed E-state index contributed by atoms with van der Waals surface area (Å²) >= 11 is 0. The molecule has 0 aliphatic carbocycles. The summed E-state index contributed by atoms with van der Waals surface area (Å²) in [5.41, 5.74) is 2.78. The molecule has 4 nitrogen and oxygen atoms in total. The van der Waals surface area contributed by atoms with E-state index in [1.54, 1.807) is 0 Å². The Hall–Kier alpha value is -1.42. The molecule has 2 aromatic heterocycles. The van der Waals surface area contributed by atoms with E-state index >= 15 is 0 Å². The largest absolute Gasteiger partial charge is 0.423 e. The Morgan fingerprint density at radius 2 is 2.47 bits per heavy atom. The number of hydrogen-bond acceptors (Lipinski definition) is 4. The van der Waals surface area contributed by atoms with Gasteiger partial charge in [-0.3, -0.25) is 0 Å². The van der Waals surface area contributed by atoms with Gasteiger partial charge in [-0.2, -0.15) is 0 Å². The summed E-state index contributed by atoms with van der Waals surface area (Å²) in [7, 11) is 0. The molecule has 3 heterocycles. The van der Waals surface area contributed by atoms with Crippen molar-refractivity contribution in [3.63, 3.8) is 0 Å². The van der Waals surface area contributed by atoms with E-state index in [1.165, 1.54) is 12.0 Å². The molecule has 15 heavy (non-hydrogen) atoms. The molecule has 0 amide bonds. The minimum atomic E-state index is 0.582. The maximum atomic E-state index is 5.35. The third kappa shape index (κ3) is 1.51. The van der Waals surface area contributed by atoms with Gasteiger partial charge in [0.2, 0.25) is 5.71 Å². The minimum absolute atomic E-state index is 0.582. The van der Waals surface area contributed by atoms with Crippen LogP contribution in [0.25, 0.3) is 11.2 Å². The molecule has 4 heteroatoms. The zero-order valence-electron chi connectivity index (χ0n) is 8.66. The second-order valence-electron chi connectivity index (χ2n) is 4.02. The number of nitrogens with zero attached hydrogens (tertiary/aromatic N) is 2. The molecular weight excluding hydrogens is 190 g/mol. The van der Waals surface area contributed by atoms with E-state index in [9.17, 15) is 0 Å². The van der Waals surface area contributed by atoms with Gasteiger partial charge in [-0.1, -0.05) is 0 Å². The number of pyridine rings is 1. The van der Waals surface area contributed by atoms with E-state index in [2.05, 4.69) is 21.4 Å². The van der Waals surface area contributed by atoms with E-state index in [0.717, 1.165) is 18.6 Å². The lowest BCUT2D eigenvalue weighted by Crippen LogP contribution is -2.08. The number of aryl methyl sites for hydroxylation is 1. The van der Waals surface area contributed by atoms with Gasteiger partial charge >= 0.3 is 0 Å². The average molecular weight is 203 g/mol. The van der Waals surface area contributed by atoms with E-state index in [0.29, 0.717) is 17.5 Å². The Bertz CT molecular complexity index is 486. The van der Waals surface area contributed by atoms with Crippen LogP contribution in [0.4, 0.5) is 0 Å². The standard InChI is InChI=1S/C11H13N3O/c1-7-14-10-4-9(6-13-11(10)15-7)8-2-3-12-5-8/h4,6,8,12H,2-3,5H2,1H3. The molecule has 0 radical (unpaired) electrons. The monoisotopic (exact) mass is 203 g/mol. The molecule has 3 rings (SSSR count). The predicted octanol–water partition coefficient (Wildman–Crippen LogP) is 1.61. The fourth-order valence-electron chi connectivity index (χ4n) is 2.11. The SMILES string of the molecule is Cc1nc2cc(C3CCNC3)cnc2o1. The average Bonchev–Trinajstić information content (AvgIpc) is 2.82. The van der Waals surface area contributed by atoms with Crippen molar-refractivity contribution in [2.45, 2.75) is 19.3 Å². The number of fused-ring (bicyclic) bond motifs is 1. The molecular formula is C11H13N3O. The maximum Gasteiger partial charge on any atom is 0.246 e. The van der Waals surface area contributed by atoms with E-state index in [-0.39, 0.29) is 0 Å². The second kappa shape index (κ2) is 3.31. The van der Waals surface area contributed by atoms with Crippen molar-refractivity contribution in [3.05, 3.63) is 23.7 Å². The Kier molecular flexibility index (Phi) is 1.95. The first-order valence-corrected chi connectivity index (χ1v) is 5.27. The molecule has 1 fully saturated rings. The van der Waals surface area contributed by atoms with Crippen LogP contribution in [0, 0.1) is 6.92 Å². The van der Waals surface area contributed by atoms with Gasteiger partial charge in [0.25, 0.3) is 0 Å². The number of oxazole rings is 1. The molecule has 1 N–H and O–H groups in total. The second-order valence-corrected chi connectivity index (χ2v) is 4.02. The summed E-state index contributed by atoms with van der Waals surface area (Å²) in [6.07, 6.45) is 3.09. The predicted molar refractivity (Wildman–Crippen MR) is 56.8 cm³/mol. The normalized spacial score (nSPS) is 21.3. The molecule has 78 valence electrons. The highest BCUT2D eigenvalue weighted by Gasteiger charge is 2.18. The highest BCUT2D eigenvalue weighted by molar-refractivity contribution is 5.68. The van der Waals surface area contributed by atoms with Gasteiger partial charge in [0.15, 0.2) is 5.89 Å². The summed E-state index contributed by atoms with van der Waals surface area (Å²) in [5.74, 6) is 1.26. The van der Waals surface area contributed by atoms with Gasteiger partial charge in [0.1, 0.15) is 5.52 Å². The van der Waals surface area contributed by atoms with Crippen molar-refractivity contribution < 1.29 is 4.42 Å². The van der Waals surface area contributed by atoms with Crippen molar-refractivity contribution in [3.8, 4) is 0 Å². The van der Waals surface area contributed by atoms with Crippen LogP contribution in [0.5, 0.6) is 0 Å². The Morgan fingerprint density at radius 1 is 1.53 bits per heavy atom. The quantitative estimate of drug-likeness (QED) is 0.765. The molecule has 0 aromatic carbocycles. The lowest BCUT2D eigenvalue weighted by atomic mass is 10.0. The molecule has 1 aliphatic heterocycles. The van der Waals surface area contributed by atoms with E-state index in [4.69, 9.17) is 4.42 Å². The molecule has 0 saturated carbocycles. The van der Waals surface area contributed by atoms with Crippen molar-refractivity contribution in [2.75, 3.05) is 13.1 Å². The first-order valence-electron chi connectivity index (χ1n) is 5.27. The smallest absolute Gasteiger partial charge is 0.246 e. The zero-order valence-corrected chi connectivity index (χ0v) is 8.66. The molecule has 1 aliphatic rings. The maximum absolute atomic E-state index is 5.35. The van der Waals surface area contributed by atoms with Crippen LogP contribution in [0.1, 0.15) is 23.8 Å². The van der Waals surface area contributed by atoms with Gasteiger partial charge in [-0.25, -0.2) is 9.97 Å². The fourth-order valence-corrected chi connectivity index (χ4v) is 2.11. The van der Waals surface area contributed by atoms with Crippen molar-refractivity contribution in [2.24, 2.45) is 0 Å². The van der Waals surface area contributed by atoms with Gasteiger partial charge in [0, 0.05) is 19.7 Å². The lowest BCUT2D eigenvalue weighted by molar-refractivity contribution is 0.551. The summed E-state index contributed by atoms with van der Waals surface area (Å²) in [4.78, 5) is 8.59. The number of rotatable bonds is 1. The van der Waals surface area contributed by atoms with Gasteiger partial charge in [-0.15, -0.1) is 0 Å². The Balaban J connectivity index is 2.04. The van der Waals surface area contributed by atoms with Gasteiger partial charge < -0.3 is 9.73 Å². The van der Waals surface area contributed by atoms with Gasteiger partial charge in [-0.05, 0) is 30.5 Å². The highest BCUT2D eigenvalue weighted by atomic mass is 16.4. The third-order valence-electron chi connectivity index (χ3n) is 2.91. The number of aromatic nitrogens is 2. The minimum Gasteiger partial charge on any atom is -0.423 e. The summed E-state index contributed by atoms with van der Waals surface area (Å²) in [6.45, 7) is 3.99. The van der Waals surface area contributed by atoms with Crippen LogP contribution in [-0.4, -0.2) is 23.1 Å². The van der Waals surface area contributed by atoms with Crippen LogP contribution in [0.2, 0.25) is 0 Å². The number of hydrogen-bond donors (Lipinski definition) is 1. The highest BCUT2D eigenvalue weighted by Crippen LogP contribution is 2.24. The summed E-state index contributed by atoms with van der Waals surface area (Å²) in [5, 5.41) is 3.35. The summed E-state index contributed by atoms with van der Waals surface area (Å²) in [6, 6.07) is 2.09. The van der Waals surface area contributed by atoms with Crippen LogP contribution in [-0.2, 0) is 0 Å². The Morgan fingerprint density at radius 3 is 3.27 bits per heavy atom. The summed E-state index contributed by atoms with van der Waals surface area (Å²) < 4.78 is 5.35. The molecule has 0 bridgehead atoms. The molecule has 1 atom stereocenters. The van der Waals surface area contributed by atoms with Gasteiger partial charge in [0.05, 0.1) is 0 Å². The molecule has 1 saturated heterocycles. The van der Waals surface area contributed by atoms with E-state index < -0.39 is 0 Å². The first kappa shape index (κ1) is 8.85.